The lowest BCUT2D eigenvalue weighted by atomic mass is 10.0. The lowest BCUT2D eigenvalue weighted by molar-refractivity contribution is 0.103. The van der Waals surface area contributed by atoms with E-state index in [-0.39, 0.29) is 0 Å². The third kappa shape index (κ3) is 4.29. The average molecular weight is 372 g/mol. The molecule has 0 N–H and O–H groups in total. The van der Waals surface area contributed by atoms with E-state index in [1.807, 2.05) is 42.5 Å². The van der Waals surface area contributed by atoms with Gasteiger partial charge in [0.05, 0.1) is 0 Å². The molecule has 0 aliphatic carbocycles. The standard InChI is InChI=1S/C23H24N4O/c1-2-27-16-7-6-11-19(27)17-28-23-21(14-13-18-9-4-3-5-10-18)25-22-20(26-23)12-8-15-24-22/h3-5,8-10,12,15,19H,2,6-7,11,16-17H2,1H3. The zero-order chi connectivity index (χ0) is 19.2. The van der Waals surface area contributed by atoms with Gasteiger partial charge >= 0.3 is 0 Å². The molecule has 0 spiro atoms. The molecule has 0 saturated carbocycles. The molecule has 28 heavy (non-hydrogen) atoms. The van der Waals surface area contributed by atoms with E-state index in [2.05, 4.69) is 38.6 Å². The van der Waals surface area contributed by atoms with E-state index in [1.165, 1.54) is 12.8 Å². The van der Waals surface area contributed by atoms with Gasteiger partial charge in [-0.3, -0.25) is 4.90 Å². The van der Waals surface area contributed by atoms with Gasteiger partial charge < -0.3 is 4.74 Å². The van der Waals surface area contributed by atoms with E-state index in [0.717, 1.165) is 30.6 Å². The van der Waals surface area contributed by atoms with E-state index in [9.17, 15) is 0 Å². The summed E-state index contributed by atoms with van der Waals surface area (Å²) in [5.74, 6) is 6.78. The van der Waals surface area contributed by atoms with Crippen molar-refractivity contribution in [1.29, 1.82) is 0 Å². The van der Waals surface area contributed by atoms with Crippen molar-refractivity contribution in [3.05, 3.63) is 59.9 Å². The highest BCUT2D eigenvalue weighted by atomic mass is 16.5. The Labute approximate surface area is 165 Å². The van der Waals surface area contributed by atoms with Gasteiger partial charge in [0.1, 0.15) is 12.1 Å². The predicted octanol–water partition coefficient (Wildman–Crippen LogP) is 3.68. The summed E-state index contributed by atoms with van der Waals surface area (Å²) < 4.78 is 6.16. The Morgan fingerprint density at radius 1 is 1.07 bits per heavy atom. The van der Waals surface area contributed by atoms with Crippen molar-refractivity contribution in [3.63, 3.8) is 0 Å². The van der Waals surface area contributed by atoms with Gasteiger partial charge in [0.15, 0.2) is 11.3 Å². The van der Waals surface area contributed by atoms with E-state index in [1.54, 1.807) is 6.20 Å². The fourth-order valence-corrected chi connectivity index (χ4v) is 3.55. The number of aromatic nitrogens is 3. The Kier molecular flexibility index (Phi) is 5.79. The molecule has 0 amide bonds. The number of likely N-dealkylation sites (tertiary alicyclic amines) is 1. The Bertz CT molecular complexity index is 994. The first-order chi connectivity index (χ1) is 13.8. The first kappa shape index (κ1) is 18.4. The van der Waals surface area contributed by atoms with Crippen molar-refractivity contribution in [1.82, 2.24) is 19.9 Å². The van der Waals surface area contributed by atoms with Crippen molar-refractivity contribution in [2.24, 2.45) is 0 Å². The van der Waals surface area contributed by atoms with Crippen LogP contribution in [0.1, 0.15) is 37.4 Å². The lowest BCUT2D eigenvalue weighted by Gasteiger charge is -2.34. The van der Waals surface area contributed by atoms with Gasteiger partial charge in [-0.25, -0.2) is 15.0 Å². The number of benzene rings is 1. The maximum atomic E-state index is 6.16. The molecule has 5 nitrogen and oxygen atoms in total. The summed E-state index contributed by atoms with van der Waals surface area (Å²) in [4.78, 5) is 16.1. The predicted molar refractivity (Wildman–Crippen MR) is 110 cm³/mol. The fourth-order valence-electron chi connectivity index (χ4n) is 3.55. The first-order valence-corrected chi connectivity index (χ1v) is 9.90. The summed E-state index contributed by atoms with van der Waals surface area (Å²) in [6.07, 6.45) is 5.38. The van der Waals surface area contributed by atoms with E-state index in [4.69, 9.17) is 4.74 Å². The van der Waals surface area contributed by atoms with Crippen LogP contribution in [-0.4, -0.2) is 45.6 Å². The van der Waals surface area contributed by atoms with Gasteiger partial charge in [-0.15, -0.1) is 0 Å². The second kappa shape index (κ2) is 8.81. The van der Waals surface area contributed by atoms with Crippen molar-refractivity contribution < 1.29 is 4.74 Å². The number of rotatable bonds is 4. The number of ether oxygens (including phenoxy) is 1. The van der Waals surface area contributed by atoms with Crippen LogP contribution in [0, 0.1) is 11.8 Å². The molecule has 3 heterocycles. The minimum atomic E-state index is 0.417. The SMILES string of the molecule is CCN1CCCCC1COc1nc2cccnc2nc1C#Cc1ccccc1. The van der Waals surface area contributed by atoms with Crippen LogP contribution < -0.4 is 4.74 Å². The van der Waals surface area contributed by atoms with Crippen LogP contribution in [0.25, 0.3) is 11.2 Å². The summed E-state index contributed by atoms with van der Waals surface area (Å²) in [6.45, 7) is 4.99. The van der Waals surface area contributed by atoms with Crippen molar-refractivity contribution >= 4 is 11.2 Å². The molecule has 1 fully saturated rings. The summed E-state index contributed by atoms with van der Waals surface area (Å²) in [5, 5.41) is 0. The lowest BCUT2D eigenvalue weighted by Crippen LogP contribution is -2.42. The third-order valence-electron chi connectivity index (χ3n) is 5.08. The van der Waals surface area contributed by atoms with Crippen LogP contribution in [0.5, 0.6) is 5.88 Å². The minimum Gasteiger partial charge on any atom is -0.474 e. The summed E-state index contributed by atoms with van der Waals surface area (Å²) >= 11 is 0. The summed E-state index contributed by atoms with van der Waals surface area (Å²) in [5.41, 5.74) is 2.77. The molecule has 1 aliphatic rings. The van der Waals surface area contributed by atoms with Crippen molar-refractivity contribution in [3.8, 4) is 17.7 Å². The molecule has 5 heteroatoms. The first-order valence-electron chi connectivity index (χ1n) is 9.90. The molecule has 1 aromatic carbocycles. The van der Waals surface area contributed by atoms with Crippen LogP contribution >= 0.6 is 0 Å². The largest absolute Gasteiger partial charge is 0.474 e. The number of nitrogens with zero attached hydrogens (tertiary/aromatic N) is 4. The van der Waals surface area contributed by atoms with Crippen LogP contribution in [0.4, 0.5) is 0 Å². The molecule has 1 saturated heterocycles. The van der Waals surface area contributed by atoms with Gasteiger partial charge in [0, 0.05) is 17.8 Å². The Morgan fingerprint density at radius 2 is 1.96 bits per heavy atom. The molecule has 3 aromatic rings. The maximum absolute atomic E-state index is 6.16. The smallest absolute Gasteiger partial charge is 0.249 e. The Hall–Kier alpha value is -2.97. The van der Waals surface area contributed by atoms with E-state index < -0.39 is 0 Å². The fraction of sp³-hybridized carbons (Fsp3) is 0.348. The summed E-state index contributed by atoms with van der Waals surface area (Å²) in [7, 11) is 0. The van der Waals surface area contributed by atoms with Crippen LogP contribution in [0.3, 0.4) is 0 Å². The number of piperidine rings is 1. The molecule has 0 radical (unpaired) electrons. The van der Waals surface area contributed by atoms with Crippen molar-refractivity contribution in [2.75, 3.05) is 19.7 Å². The second-order valence-electron chi connectivity index (χ2n) is 6.93. The highest BCUT2D eigenvalue weighted by Crippen LogP contribution is 2.21. The number of pyridine rings is 1. The molecule has 1 unspecified atom stereocenters. The Morgan fingerprint density at radius 3 is 2.82 bits per heavy atom. The van der Waals surface area contributed by atoms with Crippen molar-refractivity contribution in [2.45, 2.75) is 32.2 Å². The van der Waals surface area contributed by atoms with E-state index >= 15 is 0 Å². The highest BCUT2D eigenvalue weighted by Gasteiger charge is 2.22. The number of hydrogen-bond acceptors (Lipinski definition) is 5. The van der Waals surface area contributed by atoms with Crippen LogP contribution in [0.2, 0.25) is 0 Å². The van der Waals surface area contributed by atoms with Gasteiger partial charge in [-0.2, -0.15) is 0 Å². The van der Waals surface area contributed by atoms with Gasteiger partial charge in [-0.1, -0.05) is 37.5 Å². The van der Waals surface area contributed by atoms with Gasteiger partial charge in [-0.05, 0) is 56.1 Å². The zero-order valence-corrected chi connectivity index (χ0v) is 16.1. The third-order valence-corrected chi connectivity index (χ3v) is 5.08. The number of fused-ring (bicyclic) bond motifs is 1. The molecule has 142 valence electrons. The molecule has 2 aromatic heterocycles. The number of hydrogen-bond donors (Lipinski definition) is 0. The second-order valence-corrected chi connectivity index (χ2v) is 6.93. The minimum absolute atomic E-state index is 0.417. The quantitative estimate of drug-likeness (QED) is 0.654. The monoisotopic (exact) mass is 372 g/mol. The molecular weight excluding hydrogens is 348 g/mol. The topological polar surface area (TPSA) is 51.1 Å². The molecule has 4 rings (SSSR count). The average Bonchev–Trinajstić information content (AvgIpc) is 2.76. The molecule has 1 atom stereocenters. The normalized spacial score (nSPS) is 17.1. The van der Waals surface area contributed by atoms with Crippen LogP contribution in [0.15, 0.2) is 48.7 Å². The van der Waals surface area contributed by atoms with Gasteiger partial charge in [0.2, 0.25) is 5.88 Å². The van der Waals surface area contributed by atoms with Gasteiger partial charge in [0.25, 0.3) is 0 Å². The Balaban J connectivity index is 1.62. The number of likely N-dealkylation sites (N-methyl/N-ethyl adjacent to an activating group) is 1. The van der Waals surface area contributed by atoms with Crippen LogP contribution in [-0.2, 0) is 0 Å². The highest BCUT2D eigenvalue weighted by molar-refractivity contribution is 5.71. The summed E-state index contributed by atoms with van der Waals surface area (Å²) in [6, 6.07) is 14.0. The molecular formula is C23H24N4O. The zero-order valence-electron chi connectivity index (χ0n) is 16.1. The molecule has 1 aliphatic heterocycles. The molecule has 0 bridgehead atoms. The maximum Gasteiger partial charge on any atom is 0.249 e. The van der Waals surface area contributed by atoms with E-state index in [0.29, 0.717) is 29.9 Å².